The quantitative estimate of drug-likeness (QED) is 0.842. The van der Waals surface area contributed by atoms with Crippen LogP contribution in [-0.2, 0) is 16.0 Å². The highest BCUT2D eigenvalue weighted by molar-refractivity contribution is 6.03. The highest BCUT2D eigenvalue weighted by atomic mass is 16.2. The number of carbonyl (C=O) groups excluding carboxylic acids is 2. The Kier molecular flexibility index (Phi) is 4.46. The topological polar surface area (TPSA) is 40.6 Å². The summed E-state index contributed by atoms with van der Waals surface area (Å²) >= 11 is 0. The summed E-state index contributed by atoms with van der Waals surface area (Å²) in [6.07, 6.45) is 5.63. The second-order valence-corrected chi connectivity index (χ2v) is 6.21. The van der Waals surface area contributed by atoms with Crippen LogP contribution in [0, 0.1) is 0 Å². The van der Waals surface area contributed by atoms with Crippen molar-refractivity contribution in [2.24, 2.45) is 0 Å². The van der Waals surface area contributed by atoms with Crippen LogP contribution in [0.2, 0.25) is 0 Å². The van der Waals surface area contributed by atoms with E-state index in [1.54, 1.807) is 4.90 Å². The number of hydrogen-bond donors (Lipinski definition) is 0. The molecule has 1 saturated heterocycles. The monoisotopic (exact) mass is 300 g/mol. The molecule has 2 amide bonds. The van der Waals surface area contributed by atoms with E-state index in [-0.39, 0.29) is 17.9 Å². The Bertz CT molecular complexity index is 562. The first-order valence-electron chi connectivity index (χ1n) is 8.41. The fourth-order valence-electron chi connectivity index (χ4n) is 3.56. The van der Waals surface area contributed by atoms with Crippen molar-refractivity contribution in [3.63, 3.8) is 0 Å². The van der Waals surface area contributed by atoms with Crippen molar-refractivity contribution in [3.8, 4) is 0 Å². The average Bonchev–Trinajstić information content (AvgIpc) is 2.73. The summed E-state index contributed by atoms with van der Waals surface area (Å²) in [5.41, 5.74) is 2.03. The molecule has 1 fully saturated rings. The molecule has 0 unspecified atom stereocenters. The van der Waals surface area contributed by atoms with E-state index < -0.39 is 0 Å². The number of benzene rings is 1. The standard InChI is InChI=1S/C18H24N2O2/c1-2-17(21)20-15-10-6-5-9-14(15)13-16(20)18(22)19-11-7-3-4-8-12-19/h5-6,9-10,16H,2-4,7-8,11-13H2,1H3/t16-/m0/s1. The minimum Gasteiger partial charge on any atom is -0.341 e. The average molecular weight is 300 g/mol. The van der Waals surface area contributed by atoms with Gasteiger partial charge in [0.25, 0.3) is 0 Å². The van der Waals surface area contributed by atoms with Gasteiger partial charge in [0.2, 0.25) is 11.8 Å². The molecular formula is C18H24N2O2. The number of nitrogens with zero attached hydrogens (tertiary/aromatic N) is 2. The van der Waals surface area contributed by atoms with E-state index in [1.807, 2.05) is 36.1 Å². The Hall–Kier alpha value is -1.84. The molecule has 0 saturated carbocycles. The summed E-state index contributed by atoms with van der Waals surface area (Å²) in [6.45, 7) is 3.52. The minimum atomic E-state index is -0.344. The molecule has 3 rings (SSSR count). The lowest BCUT2D eigenvalue weighted by molar-refractivity contribution is -0.134. The Labute approximate surface area is 132 Å². The molecule has 2 aliphatic heterocycles. The van der Waals surface area contributed by atoms with Gasteiger partial charge in [0, 0.05) is 31.6 Å². The number of anilines is 1. The van der Waals surface area contributed by atoms with Crippen molar-refractivity contribution in [2.45, 2.75) is 51.5 Å². The maximum absolute atomic E-state index is 13.0. The van der Waals surface area contributed by atoms with E-state index in [9.17, 15) is 9.59 Å². The maximum atomic E-state index is 13.0. The number of rotatable bonds is 2. The molecule has 1 atom stereocenters. The largest absolute Gasteiger partial charge is 0.341 e. The molecule has 0 aromatic heterocycles. The van der Waals surface area contributed by atoms with E-state index in [4.69, 9.17) is 0 Å². The highest BCUT2D eigenvalue weighted by Crippen LogP contribution is 2.33. The number of para-hydroxylation sites is 1. The summed E-state index contributed by atoms with van der Waals surface area (Å²) < 4.78 is 0. The number of carbonyl (C=O) groups is 2. The SMILES string of the molecule is CCC(=O)N1c2ccccc2C[C@H]1C(=O)N1CCCCCC1. The summed E-state index contributed by atoms with van der Waals surface area (Å²) in [6, 6.07) is 7.56. The molecule has 0 bridgehead atoms. The fraction of sp³-hybridized carbons (Fsp3) is 0.556. The van der Waals surface area contributed by atoms with E-state index in [1.165, 1.54) is 12.8 Å². The molecule has 0 radical (unpaired) electrons. The van der Waals surface area contributed by atoms with Crippen LogP contribution in [-0.4, -0.2) is 35.8 Å². The second-order valence-electron chi connectivity index (χ2n) is 6.21. The molecule has 22 heavy (non-hydrogen) atoms. The lowest BCUT2D eigenvalue weighted by atomic mass is 10.1. The number of hydrogen-bond acceptors (Lipinski definition) is 2. The van der Waals surface area contributed by atoms with Crippen LogP contribution in [0.4, 0.5) is 5.69 Å². The normalized spacial score (nSPS) is 21.4. The molecule has 2 heterocycles. The predicted molar refractivity (Wildman–Crippen MR) is 86.8 cm³/mol. The van der Waals surface area contributed by atoms with Gasteiger partial charge in [-0.3, -0.25) is 14.5 Å². The maximum Gasteiger partial charge on any atom is 0.246 e. The van der Waals surface area contributed by atoms with Crippen molar-refractivity contribution >= 4 is 17.5 Å². The third kappa shape index (κ3) is 2.74. The van der Waals surface area contributed by atoms with Crippen LogP contribution in [0.25, 0.3) is 0 Å². The van der Waals surface area contributed by atoms with E-state index in [2.05, 4.69) is 0 Å². The summed E-state index contributed by atoms with van der Waals surface area (Å²) in [7, 11) is 0. The zero-order chi connectivity index (χ0) is 15.5. The van der Waals surface area contributed by atoms with Crippen molar-refractivity contribution in [1.82, 2.24) is 4.90 Å². The first kappa shape index (κ1) is 15.1. The Morgan fingerprint density at radius 1 is 1.09 bits per heavy atom. The van der Waals surface area contributed by atoms with Gasteiger partial charge in [0.1, 0.15) is 6.04 Å². The Morgan fingerprint density at radius 2 is 1.77 bits per heavy atom. The summed E-state index contributed by atoms with van der Waals surface area (Å²) in [4.78, 5) is 29.1. The number of fused-ring (bicyclic) bond motifs is 1. The molecule has 0 spiro atoms. The first-order chi connectivity index (χ1) is 10.7. The van der Waals surface area contributed by atoms with Gasteiger partial charge in [-0.15, -0.1) is 0 Å². The van der Waals surface area contributed by atoms with E-state index in [0.717, 1.165) is 37.2 Å². The van der Waals surface area contributed by atoms with Crippen molar-refractivity contribution in [1.29, 1.82) is 0 Å². The van der Waals surface area contributed by atoms with Gasteiger partial charge in [-0.05, 0) is 24.5 Å². The zero-order valence-electron chi connectivity index (χ0n) is 13.3. The van der Waals surface area contributed by atoms with Crippen molar-refractivity contribution < 1.29 is 9.59 Å². The van der Waals surface area contributed by atoms with Gasteiger partial charge in [0.05, 0.1) is 0 Å². The second kappa shape index (κ2) is 6.51. The number of likely N-dealkylation sites (tertiary alicyclic amines) is 1. The molecule has 1 aromatic rings. The zero-order valence-corrected chi connectivity index (χ0v) is 13.3. The first-order valence-corrected chi connectivity index (χ1v) is 8.41. The lowest BCUT2D eigenvalue weighted by Gasteiger charge is -2.30. The van der Waals surface area contributed by atoms with Crippen LogP contribution in [0.5, 0.6) is 0 Å². The summed E-state index contributed by atoms with van der Waals surface area (Å²) in [5.74, 6) is 0.165. The molecular weight excluding hydrogens is 276 g/mol. The number of amides is 2. The molecule has 4 nitrogen and oxygen atoms in total. The van der Waals surface area contributed by atoms with Crippen molar-refractivity contribution in [2.75, 3.05) is 18.0 Å². The van der Waals surface area contributed by atoms with Crippen LogP contribution < -0.4 is 4.90 Å². The highest BCUT2D eigenvalue weighted by Gasteiger charge is 2.39. The van der Waals surface area contributed by atoms with Gasteiger partial charge in [-0.25, -0.2) is 0 Å². The Morgan fingerprint density at radius 3 is 2.45 bits per heavy atom. The third-order valence-electron chi connectivity index (χ3n) is 4.75. The van der Waals surface area contributed by atoms with Crippen LogP contribution >= 0.6 is 0 Å². The van der Waals surface area contributed by atoms with Gasteiger partial charge < -0.3 is 4.90 Å². The van der Waals surface area contributed by atoms with Crippen LogP contribution in [0.15, 0.2) is 24.3 Å². The van der Waals surface area contributed by atoms with Crippen molar-refractivity contribution in [3.05, 3.63) is 29.8 Å². The van der Waals surface area contributed by atoms with E-state index in [0.29, 0.717) is 12.8 Å². The summed E-state index contributed by atoms with van der Waals surface area (Å²) in [5, 5.41) is 0. The molecule has 2 aliphatic rings. The van der Waals surface area contributed by atoms with Gasteiger partial charge >= 0.3 is 0 Å². The molecule has 0 N–H and O–H groups in total. The molecule has 0 aliphatic carbocycles. The fourth-order valence-corrected chi connectivity index (χ4v) is 3.56. The smallest absolute Gasteiger partial charge is 0.246 e. The van der Waals surface area contributed by atoms with Crippen LogP contribution in [0.1, 0.15) is 44.6 Å². The lowest BCUT2D eigenvalue weighted by Crippen LogP contribution is -2.49. The Balaban J connectivity index is 1.86. The van der Waals surface area contributed by atoms with Gasteiger partial charge in [-0.1, -0.05) is 38.0 Å². The predicted octanol–water partition coefficient (Wildman–Crippen LogP) is 2.76. The van der Waals surface area contributed by atoms with Gasteiger partial charge in [-0.2, -0.15) is 0 Å². The minimum absolute atomic E-state index is 0.0399. The molecule has 118 valence electrons. The third-order valence-corrected chi connectivity index (χ3v) is 4.75. The molecule has 4 heteroatoms. The van der Waals surface area contributed by atoms with E-state index >= 15 is 0 Å². The molecule has 1 aromatic carbocycles. The van der Waals surface area contributed by atoms with Crippen LogP contribution in [0.3, 0.4) is 0 Å². The van der Waals surface area contributed by atoms with Gasteiger partial charge in [0.15, 0.2) is 0 Å².